The zero-order valence-corrected chi connectivity index (χ0v) is 30.7. The highest BCUT2D eigenvalue weighted by Crippen LogP contribution is 2.26. The Morgan fingerprint density at radius 1 is 0.788 bits per heavy atom. The van der Waals surface area contributed by atoms with Crippen molar-refractivity contribution in [3.63, 3.8) is 0 Å². The number of aromatic nitrogens is 3. The maximum Gasteiger partial charge on any atom is 0.289 e. The summed E-state index contributed by atoms with van der Waals surface area (Å²) in [6.45, 7) is 2.06. The van der Waals surface area contributed by atoms with E-state index in [2.05, 4.69) is 25.4 Å². The van der Waals surface area contributed by atoms with Crippen LogP contribution in [0, 0.1) is 6.92 Å². The molecule has 52 heavy (non-hydrogen) atoms. The summed E-state index contributed by atoms with van der Waals surface area (Å²) < 4.78 is 42.9. The van der Waals surface area contributed by atoms with Crippen LogP contribution in [0.5, 0.6) is 0 Å². The minimum atomic E-state index is -4.19. The second-order valence-corrected chi connectivity index (χ2v) is 15.4. The van der Waals surface area contributed by atoms with Crippen LogP contribution in [0.1, 0.15) is 78.7 Å². The van der Waals surface area contributed by atoms with E-state index in [0.717, 1.165) is 60.8 Å². The fourth-order valence-electron chi connectivity index (χ4n) is 6.82. The Bertz CT molecular complexity index is 1930. The third kappa shape index (κ3) is 9.77. The molecule has 2 saturated carbocycles. The van der Waals surface area contributed by atoms with Gasteiger partial charge in [0.25, 0.3) is 21.9 Å². The van der Waals surface area contributed by atoms with Gasteiger partial charge in [0.05, 0.1) is 42.4 Å². The van der Waals surface area contributed by atoms with Gasteiger partial charge in [-0.3, -0.25) is 9.59 Å². The maximum atomic E-state index is 13.9. The van der Waals surface area contributed by atoms with Crippen LogP contribution in [0.25, 0.3) is 0 Å². The van der Waals surface area contributed by atoms with Gasteiger partial charge >= 0.3 is 0 Å². The Hall–Kier alpha value is -4.30. The first-order valence-electron chi connectivity index (χ1n) is 17.8. The maximum absolute atomic E-state index is 13.9. The molecule has 276 valence electrons. The molecule has 12 nitrogen and oxygen atoms in total. The fraction of sp³-hybridized carbons (Fsp3) is 0.421. The highest BCUT2D eigenvalue weighted by atomic mass is 35.5. The number of sulfonamides is 1. The highest BCUT2D eigenvalue weighted by Gasteiger charge is 2.32. The fourth-order valence-corrected chi connectivity index (χ4v) is 8.25. The van der Waals surface area contributed by atoms with E-state index in [9.17, 15) is 18.0 Å². The third-order valence-corrected chi connectivity index (χ3v) is 11.5. The van der Waals surface area contributed by atoms with Crippen molar-refractivity contribution >= 4 is 39.4 Å². The molecule has 0 bridgehead atoms. The van der Waals surface area contributed by atoms with Crippen LogP contribution in [-0.4, -0.2) is 59.3 Å². The van der Waals surface area contributed by atoms with Gasteiger partial charge in [-0.1, -0.05) is 104 Å². The quantitative estimate of drug-likeness (QED) is 0.143. The predicted octanol–water partition coefficient (Wildman–Crippen LogP) is 5.94. The molecule has 4 atom stereocenters. The van der Waals surface area contributed by atoms with Gasteiger partial charge in [0, 0.05) is 5.02 Å². The third-order valence-electron chi connectivity index (χ3n) is 9.58. The number of carbonyl (C=O) groups is 2. The molecule has 2 aliphatic rings. The second kappa shape index (κ2) is 17.5. The van der Waals surface area contributed by atoms with Crippen LogP contribution in [0.3, 0.4) is 0 Å². The lowest BCUT2D eigenvalue weighted by Crippen LogP contribution is -2.48. The molecule has 6 rings (SSSR count). The topological polar surface area (TPSA) is 154 Å². The van der Waals surface area contributed by atoms with Crippen LogP contribution < -0.4 is 15.4 Å². The molecule has 1 aromatic heterocycles. The normalized spacial score (nSPS) is 20.6. The Kier molecular flexibility index (Phi) is 12.6. The van der Waals surface area contributed by atoms with Crippen LogP contribution in [-0.2, 0) is 44.1 Å². The van der Waals surface area contributed by atoms with Crippen molar-refractivity contribution in [1.82, 2.24) is 25.4 Å². The van der Waals surface area contributed by atoms with Gasteiger partial charge < -0.3 is 20.1 Å². The molecule has 0 saturated heterocycles. The van der Waals surface area contributed by atoms with E-state index in [4.69, 9.17) is 21.1 Å². The lowest BCUT2D eigenvalue weighted by atomic mass is 9.92. The van der Waals surface area contributed by atoms with Crippen molar-refractivity contribution in [1.29, 1.82) is 0 Å². The van der Waals surface area contributed by atoms with Gasteiger partial charge in [0.2, 0.25) is 11.7 Å². The standard InChI is InChI=1S/C38H45ClN6O6S/c1-26-29(39)17-12-22-34(26)52(48,49)44-38-42-36(37(47)41-31-19-9-11-21-33(31)51-25-28-15-6-3-7-16-28)45(43-38)23-35(46)40-30-18-8-10-20-32(30)50-24-27-13-4-2-5-14-27/h2-7,12-17,22,30-33H,8-11,18-21,23-25H2,1H3,(H,40,46)(H,41,47)(H,43,44)/t30-,31-,32-,33-/m0/s1. The number of benzene rings is 3. The van der Waals surface area contributed by atoms with Gasteiger partial charge in [-0.2, -0.15) is 4.98 Å². The first-order chi connectivity index (χ1) is 25.2. The van der Waals surface area contributed by atoms with Crippen molar-refractivity contribution in [3.8, 4) is 0 Å². The lowest BCUT2D eigenvalue weighted by molar-refractivity contribution is -0.124. The first kappa shape index (κ1) is 37.5. The molecule has 0 spiro atoms. The van der Waals surface area contributed by atoms with Crippen LogP contribution in [0.4, 0.5) is 5.95 Å². The number of hydrogen-bond donors (Lipinski definition) is 3. The molecule has 2 aliphatic carbocycles. The number of carbonyl (C=O) groups excluding carboxylic acids is 2. The molecule has 14 heteroatoms. The van der Waals surface area contributed by atoms with E-state index >= 15 is 0 Å². The number of hydrogen-bond acceptors (Lipinski definition) is 8. The molecule has 1 heterocycles. The molecule has 0 radical (unpaired) electrons. The smallest absolute Gasteiger partial charge is 0.289 e. The van der Waals surface area contributed by atoms with Gasteiger partial charge in [-0.15, -0.1) is 5.10 Å². The summed E-state index contributed by atoms with van der Waals surface area (Å²) in [7, 11) is -4.19. The SMILES string of the molecule is Cc1c(Cl)cccc1S(=O)(=O)Nc1nc(C(=O)N[C@H]2CCCC[C@@H]2OCc2ccccc2)n(CC(=O)N[C@H]2CCCC[C@@H]2OCc2ccccc2)n1. The number of rotatable bonds is 14. The predicted molar refractivity (Wildman–Crippen MR) is 197 cm³/mol. The van der Waals surface area contributed by atoms with Crippen molar-refractivity contribution in [2.24, 2.45) is 0 Å². The molecule has 2 fully saturated rings. The van der Waals surface area contributed by atoms with E-state index in [0.29, 0.717) is 25.2 Å². The van der Waals surface area contributed by atoms with E-state index in [1.54, 1.807) is 13.0 Å². The number of ether oxygens (including phenoxy) is 2. The Morgan fingerprint density at radius 3 is 1.94 bits per heavy atom. The van der Waals surface area contributed by atoms with Crippen LogP contribution in [0.15, 0.2) is 83.8 Å². The summed E-state index contributed by atoms with van der Waals surface area (Å²) in [6.07, 6.45) is 6.40. The second-order valence-electron chi connectivity index (χ2n) is 13.4. The number of nitrogens with zero attached hydrogens (tertiary/aromatic N) is 3. The van der Waals surface area contributed by atoms with E-state index in [1.165, 1.54) is 12.1 Å². The molecular formula is C38H45ClN6O6S. The van der Waals surface area contributed by atoms with Crippen molar-refractivity contribution in [3.05, 3.63) is 106 Å². The number of anilines is 1. The van der Waals surface area contributed by atoms with Crippen molar-refractivity contribution in [2.75, 3.05) is 4.72 Å². The summed E-state index contributed by atoms with van der Waals surface area (Å²) in [6, 6.07) is 23.7. The average Bonchev–Trinajstić information content (AvgIpc) is 3.53. The number of halogens is 1. The molecule has 2 amide bonds. The van der Waals surface area contributed by atoms with Gasteiger partial charge in [0.15, 0.2) is 0 Å². The summed E-state index contributed by atoms with van der Waals surface area (Å²) in [5.41, 5.74) is 2.43. The Labute approximate surface area is 309 Å². The van der Waals surface area contributed by atoms with Crippen LogP contribution >= 0.6 is 11.6 Å². The molecule has 4 aromatic rings. The van der Waals surface area contributed by atoms with E-state index in [1.807, 2.05) is 60.7 Å². The zero-order chi connectivity index (χ0) is 36.5. The molecule has 0 unspecified atom stereocenters. The Balaban J connectivity index is 1.19. The van der Waals surface area contributed by atoms with Crippen molar-refractivity contribution in [2.45, 2.75) is 107 Å². The molecule has 0 aliphatic heterocycles. The largest absolute Gasteiger partial charge is 0.371 e. The summed E-state index contributed by atoms with van der Waals surface area (Å²) in [4.78, 5) is 31.7. The first-order valence-corrected chi connectivity index (χ1v) is 19.7. The van der Waals surface area contributed by atoms with E-state index in [-0.39, 0.29) is 52.5 Å². The van der Waals surface area contributed by atoms with Crippen LogP contribution in [0.2, 0.25) is 5.02 Å². The minimum absolute atomic E-state index is 0.0560. The van der Waals surface area contributed by atoms with Gasteiger partial charge in [-0.05, 0) is 61.4 Å². The zero-order valence-electron chi connectivity index (χ0n) is 29.2. The van der Waals surface area contributed by atoms with E-state index < -0.39 is 21.8 Å². The Morgan fingerprint density at radius 2 is 1.35 bits per heavy atom. The van der Waals surface area contributed by atoms with Gasteiger partial charge in [-0.25, -0.2) is 17.8 Å². The monoisotopic (exact) mass is 748 g/mol. The average molecular weight is 749 g/mol. The summed E-state index contributed by atoms with van der Waals surface area (Å²) in [5, 5.41) is 10.7. The summed E-state index contributed by atoms with van der Waals surface area (Å²) >= 11 is 6.21. The molecule has 3 aromatic carbocycles. The lowest BCUT2D eigenvalue weighted by Gasteiger charge is -2.32. The number of amides is 2. The molecule has 3 N–H and O–H groups in total. The molecular weight excluding hydrogens is 704 g/mol. The van der Waals surface area contributed by atoms with Crippen molar-refractivity contribution < 1.29 is 27.5 Å². The number of nitrogens with one attached hydrogen (secondary N) is 3. The van der Waals surface area contributed by atoms with Gasteiger partial charge in [0.1, 0.15) is 6.54 Å². The summed E-state index contributed by atoms with van der Waals surface area (Å²) in [5.74, 6) is -1.55. The minimum Gasteiger partial charge on any atom is -0.371 e. The highest BCUT2D eigenvalue weighted by molar-refractivity contribution is 7.92.